The molecule has 1 fully saturated rings. The van der Waals surface area contributed by atoms with E-state index in [0.29, 0.717) is 30.0 Å². The second-order valence-electron chi connectivity index (χ2n) is 5.77. The molecule has 1 N–H and O–H groups in total. The van der Waals surface area contributed by atoms with Crippen molar-refractivity contribution in [2.24, 2.45) is 5.92 Å². The van der Waals surface area contributed by atoms with Crippen LogP contribution in [-0.4, -0.2) is 43.4 Å². The third kappa shape index (κ3) is 3.25. The van der Waals surface area contributed by atoms with Crippen LogP contribution < -0.4 is 9.47 Å². The predicted molar refractivity (Wildman–Crippen MR) is 79.3 cm³/mol. The summed E-state index contributed by atoms with van der Waals surface area (Å²) in [6.07, 6.45) is 0.709. The van der Waals surface area contributed by atoms with Crippen molar-refractivity contribution < 1.29 is 14.6 Å². The number of likely N-dealkylation sites (tertiary alicyclic amines) is 1. The SMILES string of the molecule is COc1ccc(C(O)CN2CC(C)CC2C)cc1OC. The van der Waals surface area contributed by atoms with E-state index in [4.69, 9.17) is 9.47 Å². The second kappa shape index (κ2) is 6.46. The lowest BCUT2D eigenvalue weighted by Crippen LogP contribution is -2.31. The Hall–Kier alpha value is -1.26. The highest BCUT2D eigenvalue weighted by atomic mass is 16.5. The quantitative estimate of drug-likeness (QED) is 0.899. The highest BCUT2D eigenvalue weighted by molar-refractivity contribution is 5.43. The Bertz CT molecular complexity index is 449. The van der Waals surface area contributed by atoms with Gasteiger partial charge >= 0.3 is 0 Å². The lowest BCUT2D eigenvalue weighted by Gasteiger charge is -2.24. The Morgan fingerprint density at radius 3 is 2.50 bits per heavy atom. The topological polar surface area (TPSA) is 41.9 Å². The van der Waals surface area contributed by atoms with Crippen LogP contribution in [0.25, 0.3) is 0 Å². The Kier molecular flexibility index (Phi) is 4.89. The molecule has 0 spiro atoms. The highest BCUT2D eigenvalue weighted by Crippen LogP contribution is 2.31. The molecule has 3 unspecified atom stereocenters. The van der Waals surface area contributed by atoms with Gasteiger partial charge in [0, 0.05) is 19.1 Å². The monoisotopic (exact) mass is 279 g/mol. The molecule has 2 rings (SSSR count). The van der Waals surface area contributed by atoms with E-state index < -0.39 is 6.10 Å². The first-order chi connectivity index (χ1) is 9.55. The van der Waals surface area contributed by atoms with Crippen LogP contribution >= 0.6 is 0 Å². The van der Waals surface area contributed by atoms with E-state index in [-0.39, 0.29) is 0 Å². The van der Waals surface area contributed by atoms with Gasteiger partial charge in [-0.3, -0.25) is 4.90 Å². The fourth-order valence-electron chi connectivity index (χ4n) is 3.03. The molecule has 1 heterocycles. The average molecular weight is 279 g/mol. The molecular formula is C16H25NO3. The van der Waals surface area contributed by atoms with Crippen LogP contribution in [-0.2, 0) is 0 Å². The summed E-state index contributed by atoms with van der Waals surface area (Å²) in [5.74, 6) is 2.06. The van der Waals surface area contributed by atoms with Crippen molar-refractivity contribution in [3.63, 3.8) is 0 Å². The molecule has 4 heteroatoms. The summed E-state index contributed by atoms with van der Waals surface area (Å²) < 4.78 is 10.5. The van der Waals surface area contributed by atoms with Crippen molar-refractivity contribution in [3.05, 3.63) is 23.8 Å². The minimum atomic E-state index is -0.498. The van der Waals surface area contributed by atoms with Gasteiger partial charge in [0.15, 0.2) is 11.5 Å². The number of β-amino-alcohol motifs (C(OH)–C–C–N with tert-alkyl or cyclic N) is 1. The van der Waals surface area contributed by atoms with Crippen molar-refractivity contribution in [3.8, 4) is 11.5 Å². The maximum atomic E-state index is 10.4. The highest BCUT2D eigenvalue weighted by Gasteiger charge is 2.28. The summed E-state index contributed by atoms with van der Waals surface area (Å²) in [7, 11) is 3.22. The van der Waals surface area contributed by atoms with Crippen molar-refractivity contribution in [1.29, 1.82) is 0 Å². The maximum Gasteiger partial charge on any atom is 0.161 e. The molecule has 112 valence electrons. The Balaban J connectivity index is 2.07. The van der Waals surface area contributed by atoms with E-state index in [1.54, 1.807) is 14.2 Å². The molecule has 3 atom stereocenters. The van der Waals surface area contributed by atoms with E-state index in [1.165, 1.54) is 6.42 Å². The zero-order chi connectivity index (χ0) is 14.7. The summed E-state index contributed by atoms with van der Waals surface area (Å²) >= 11 is 0. The number of rotatable bonds is 5. The van der Waals surface area contributed by atoms with Crippen LogP contribution in [0, 0.1) is 5.92 Å². The van der Waals surface area contributed by atoms with Crippen LogP contribution in [0.15, 0.2) is 18.2 Å². The molecule has 0 saturated carbocycles. The number of hydrogen-bond acceptors (Lipinski definition) is 4. The maximum absolute atomic E-state index is 10.4. The zero-order valence-corrected chi connectivity index (χ0v) is 12.8. The molecule has 0 bridgehead atoms. The van der Waals surface area contributed by atoms with Gasteiger partial charge in [-0.2, -0.15) is 0 Å². The number of hydrogen-bond donors (Lipinski definition) is 1. The van der Waals surface area contributed by atoms with Gasteiger partial charge in [0.2, 0.25) is 0 Å². The predicted octanol–water partition coefficient (Wildman–Crippen LogP) is 2.47. The summed E-state index contributed by atoms with van der Waals surface area (Å²) in [5, 5.41) is 10.4. The van der Waals surface area contributed by atoms with E-state index >= 15 is 0 Å². The number of aliphatic hydroxyl groups excluding tert-OH is 1. The van der Waals surface area contributed by atoms with Crippen LogP contribution in [0.1, 0.15) is 31.9 Å². The number of methoxy groups -OCH3 is 2. The van der Waals surface area contributed by atoms with Gasteiger partial charge in [0.05, 0.1) is 20.3 Å². The van der Waals surface area contributed by atoms with Gasteiger partial charge in [-0.1, -0.05) is 13.0 Å². The van der Waals surface area contributed by atoms with Crippen molar-refractivity contribution in [2.45, 2.75) is 32.4 Å². The number of aliphatic hydroxyl groups is 1. The lowest BCUT2D eigenvalue weighted by molar-refractivity contribution is 0.108. The van der Waals surface area contributed by atoms with Crippen molar-refractivity contribution in [1.82, 2.24) is 4.90 Å². The molecule has 0 aromatic heterocycles. The summed E-state index contributed by atoms with van der Waals surface area (Å²) in [6.45, 7) is 6.22. The Labute approximate surface area is 121 Å². The van der Waals surface area contributed by atoms with Crippen LogP contribution in [0.5, 0.6) is 11.5 Å². The molecule has 1 saturated heterocycles. The zero-order valence-electron chi connectivity index (χ0n) is 12.8. The van der Waals surface area contributed by atoms with Gasteiger partial charge in [0.25, 0.3) is 0 Å². The van der Waals surface area contributed by atoms with Crippen molar-refractivity contribution in [2.75, 3.05) is 27.3 Å². The third-order valence-electron chi connectivity index (χ3n) is 4.11. The van der Waals surface area contributed by atoms with E-state index in [0.717, 1.165) is 12.1 Å². The minimum Gasteiger partial charge on any atom is -0.493 e. The normalized spacial score (nSPS) is 24.6. The number of benzene rings is 1. The largest absolute Gasteiger partial charge is 0.493 e. The number of ether oxygens (including phenoxy) is 2. The van der Waals surface area contributed by atoms with Gasteiger partial charge in [-0.05, 0) is 37.0 Å². The van der Waals surface area contributed by atoms with E-state index in [9.17, 15) is 5.11 Å². The first-order valence-electron chi connectivity index (χ1n) is 7.19. The summed E-state index contributed by atoms with van der Waals surface area (Å²) in [4.78, 5) is 2.35. The average Bonchev–Trinajstić information content (AvgIpc) is 2.75. The van der Waals surface area contributed by atoms with Crippen LogP contribution in [0.3, 0.4) is 0 Å². The first kappa shape index (κ1) is 15.1. The van der Waals surface area contributed by atoms with Gasteiger partial charge < -0.3 is 14.6 Å². The lowest BCUT2D eigenvalue weighted by atomic mass is 10.1. The minimum absolute atomic E-state index is 0.498. The van der Waals surface area contributed by atoms with Crippen LogP contribution in [0.4, 0.5) is 0 Å². The molecule has 1 aromatic carbocycles. The van der Waals surface area contributed by atoms with Gasteiger partial charge in [-0.15, -0.1) is 0 Å². The van der Waals surface area contributed by atoms with Crippen molar-refractivity contribution >= 4 is 0 Å². The summed E-state index contributed by atoms with van der Waals surface area (Å²) in [5.41, 5.74) is 0.870. The molecule has 20 heavy (non-hydrogen) atoms. The molecular weight excluding hydrogens is 254 g/mol. The number of nitrogens with zero attached hydrogens (tertiary/aromatic N) is 1. The molecule has 4 nitrogen and oxygen atoms in total. The molecule has 1 aromatic rings. The molecule has 1 aliphatic rings. The van der Waals surface area contributed by atoms with Gasteiger partial charge in [0.1, 0.15) is 0 Å². The van der Waals surface area contributed by atoms with Gasteiger partial charge in [-0.25, -0.2) is 0 Å². The molecule has 0 aliphatic carbocycles. The van der Waals surface area contributed by atoms with E-state index in [2.05, 4.69) is 18.7 Å². The van der Waals surface area contributed by atoms with E-state index in [1.807, 2.05) is 18.2 Å². The second-order valence-corrected chi connectivity index (χ2v) is 5.77. The fraction of sp³-hybridized carbons (Fsp3) is 0.625. The Morgan fingerprint density at radius 1 is 1.25 bits per heavy atom. The molecule has 1 aliphatic heterocycles. The molecule has 0 amide bonds. The Morgan fingerprint density at radius 2 is 1.95 bits per heavy atom. The fourth-order valence-corrected chi connectivity index (χ4v) is 3.03. The standard InChI is InChI=1S/C16H25NO3/c1-11-7-12(2)17(9-11)10-14(18)13-5-6-15(19-3)16(8-13)20-4/h5-6,8,11-12,14,18H,7,9-10H2,1-4H3. The molecule has 0 radical (unpaired) electrons. The smallest absolute Gasteiger partial charge is 0.161 e. The van der Waals surface area contributed by atoms with Crippen LogP contribution in [0.2, 0.25) is 0 Å². The summed E-state index contributed by atoms with van der Waals surface area (Å²) in [6, 6.07) is 6.14. The first-order valence-corrected chi connectivity index (χ1v) is 7.19. The third-order valence-corrected chi connectivity index (χ3v) is 4.11.